The molecule has 28 heavy (non-hydrogen) atoms. The van der Waals surface area contributed by atoms with Crippen LogP contribution in [0.15, 0.2) is 69.6 Å². The van der Waals surface area contributed by atoms with E-state index in [1.54, 1.807) is 35.7 Å². The number of aryl methyl sites for hydroxylation is 1. The third-order valence-corrected chi connectivity index (χ3v) is 5.36. The zero-order chi connectivity index (χ0) is 19.7. The fourth-order valence-corrected chi connectivity index (χ4v) is 3.70. The van der Waals surface area contributed by atoms with Crippen LogP contribution in [0.25, 0.3) is 10.2 Å². The van der Waals surface area contributed by atoms with Crippen LogP contribution in [-0.2, 0) is 6.54 Å². The molecule has 0 unspecified atom stereocenters. The number of fused-ring (bicyclic) bond motifs is 1. The molecule has 4 aromatic rings. The summed E-state index contributed by atoms with van der Waals surface area (Å²) in [4.78, 5) is 39.8. The van der Waals surface area contributed by atoms with Gasteiger partial charge in [-0.25, -0.2) is 4.79 Å². The fraction of sp³-hybridized carbons (Fsp3) is 0.0952. The number of anilines is 1. The topological polar surface area (TPSA) is 84.0 Å². The van der Waals surface area contributed by atoms with Gasteiger partial charge in [-0.1, -0.05) is 29.8 Å². The third-order valence-electron chi connectivity index (χ3n) is 4.46. The summed E-state index contributed by atoms with van der Waals surface area (Å²) in [6.45, 7) is 2.12. The number of benzene rings is 2. The molecule has 0 saturated heterocycles. The lowest BCUT2D eigenvalue weighted by Crippen LogP contribution is -2.34. The summed E-state index contributed by atoms with van der Waals surface area (Å²) in [7, 11) is 0. The van der Waals surface area contributed by atoms with E-state index < -0.39 is 5.69 Å². The van der Waals surface area contributed by atoms with E-state index in [1.807, 2.05) is 31.2 Å². The van der Waals surface area contributed by atoms with Crippen LogP contribution in [0, 0.1) is 6.92 Å². The molecule has 0 atom stereocenters. The molecule has 0 aliphatic carbocycles. The second-order valence-electron chi connectivity index (χ2n) is 6.50. The van der Waals surface area contributed by atoms with E-state index in [1.165, 1.54) is 15.9 Å². The molecule has 2 aromatic heterocycles. The summed E-state index contributed by atoms with van der Waals surface area (Å²) in [6, 6.07) is 16.1. The van der Waals surface area contributed by atoms with E-state index in [9.17, 15) is 14.4 Å². The summed E-state index contributed by atoms with van der Waals surface area (Å²) in [5, 5.41) is 4.61. The van der Waals surface area contributed by atoms with Gasteiger partial charge in [0.2, 0.25) is 0 Å². The van der Waals surface area contributed by atoms with Gasteiger partial charge < -0.3 is 10.3 Å². The average molecular weight is 391 g/mol. The standard InChI is InChI=1S/C21H17N3O3S/c1-13-2-8-16(9-3-13)22-19(25)15-6-4-14(5-7-15)12-24-20(26)18-17(10-11-28-18)23-21(24)27/h2-11H,12H2,1H3,(H,22,25)(H,23,27). The van der Waals surface area contributed by atoms with Crippen LogP contribution in [0.5, 0.6) is 0 Å². The summed E-state index contributed by atoms with van der Waals surface area (Å²) in [6.07, 6.45) is 0. The predicted molar refractivity (Wildman–Crippen MR) is 111 cm³/mol. The molecule has 140 valence electrons. The van der Waals surface area contributed by atoms with Crippen LogP contribution in [-0.4, -0.2) is 15.5 Å². The quantitative estimate of drug-likeness (QED) is 0.559. The van der Waals surface area contributed by atoms with Crippen molar-refractivity contribution in [2.24, 2.45) is 0 Å². The van der Waals surface area contributed by atoms with Gasteiger partial charge in [-0.2, -0.15) is 0 Å². The number of aromatic amines is 1. The zero-order valence-corrected chi connectivity index (χ0v) is 15.9. The second kappa shape index (κ2) is 7.28. The molecule has 7 heteroatoms. The first-order chi connectivity index (χ1) is 13.5. The number of aromatic nitrogens is 2. The minimum Gasteiger partial charge on any atom is -0.322 e. The fourth-order valence-electron chi connectivity index (χ4n) is 2.90. The Morgan fingerprint density at radius 3 is 2.46 bits per heavy atom. The molecule has 4 rings (SSSR count). The Labute approximate surface area is 164 Å². The van der Waals surface area contributed by atoms with E-state index in [0.29, 0.717) is 15.8 Å². The molecule has 6 nitrogen and oxygen atoms in total. The van der Waals surface area contributed by atoms with Gasteiger partial charge in [0.15, 0.2) is 0 Å². The van der Waals surface area contributed by atoms with E-state index >= 15 is 0 Å². The molecular formula is C21H17N3O3S. The first kappa shape index (κ1) is 17.9. The number of carbonyl (C=O) groups is 1. The molecule has 0 bridgehead atoms. The Kier molecular flexibility index (Phi) is 4.67. The summed E-state index contributed by atoms with van der Waals surface area (Å²) < 4.78 is 1.69. The Hall–Kier alpha value is -3.45. The minimum atomic E-state index is -0.447. The Balaban J connectivity index is 1.54. The average Bonchev–Trinajstić information content (AvgIpc) is 3.16. The number of thiophene rings is 1. The molecule has 0 fully saturated rings. The van der Waals surface area contributed by atoms with E-state index in [0.717, 1.165) is 16.8 Å². The molecule has 1 amide bonds. The van der Waals surface area contributed by atoms with Gasteiger partial charge in [0, 0.05) is 11.3 Å². The lowest BCUT2D eigenvalue weighted by molar-refractivity contribution is 0.102. The number of H-pyrrole nitrogens is 1. The Morgan fingerprint density at radius 2 is 1.75 bits per heavy atom. The highest BCUT2D eigenvalue weighted by Crippen LogP contribution is 2.14. The first-order valence-electron chi connectivity index (χ1n) is 8.68. The van der Waals surface area contributed by atoms with Gasteiger partial charge in [0.1, 0.15) is 4.70 Å². The highest BCUT2D eigenvalue weighted by Gasteiger charge is 2.10. The third kappa shape index (κ3) is 3.52. The minimum absolute atomic E-state index is 0.141. The van der Waals surface area contributed by atoms with Crippen LogP contribution in [0.2, 0.25) is 0 Å². The molecule has 2 aromatic carbocycles. The molecule has 0 spiro atoms. The maximum Gasteiger partial charge on any atom is 0.329 e. The highest BCUT2D eigenvalue weighted by molar-refractivity contribution is 7.17. The maximum absolute atomic E-state index is 12.5. The van der Waals surface area contributed by atoms with Crippen molar-refractivity contribution >= 4 is 33.1 Å². The first-order valence-corrected chi connectivity index (χ1v) is 9.56. The monoisotopic (exact) mass is 391 g/mol. The van der Waals surface area contributed by atoms with Crippen LogP contribution in [0.4, 0.5) is 5.69 Å². The van der Waals surface area contributed by atoms with E-state index in [-0.39, 0.29) is 18.0 Å². The van der Waals surface area contributed by atoms with Crippen molar-refractivity contribution in [3.63, 3.8) is 0 Å². The van der Waals surface area contributed by atoms with Gasteiger partial charge in [-0.15, -0.1) is 11.3 Å². The van der Waals surface area contributed by atoms with Crippen LogP contribution < -0.4 is 16.6 Å². The lowest BCUT2D eigenvalue weighted by Gasteiger charge is -2.08. The van der Waals surface area contributed by atoms with Crippen LogP contribution >= 0.6 is 11.3 Å². The number of nitrogens with zero attached hydrogens (tertiary/aromatic N) is 1. The normalized spacial score (nSPS) is 10.9. The lowest BCUT2D eigenvalue weighted by atomic mass is 10.1. The summed E-state index contributed by atoms with van der Waals surface area (Å²) in [5.74, 6) is -0.217. The number of hydrogen-bond donors (Lipinski definition) is 2. The maximum atomic E-state index is 12.5. The zero-order valence-electron chi connectivity index (χ0n) is 15.1. The van der Waals surface area contributed by atoms with Crippen molar-refractivity contribution in [3.8, 4) is 0 Å². The predicted octanol–water partition coefficient (Wildman–Crippen LogP) is 3.36. The number of amides is 1. The van der Waals surface area contributed by atoms with Crippen molar-refractivity contribution in [1.82, 2.24) is 9.55 Å². The molecule has 2 N–H and O–H groups in total. The van der Waals surface area contributed by atoms with Crippen molar-refractivity contribution in [2.75, 3.05) is 5.32 Å². The SMILES string of the molecule is Cc1ccc(NC(=O)c2ccc(Cn3c(=O)[nH]c4ccsc4c3=O)cc2)cc1. The summed E-state index contributed by atoms with van der Waals surface area (Å²) >= 11 is 1.30. The van der Waals surface area contributed by atoms with Gasteiger partial charge in [-0.05, 0) is 48.2 Å². The van der Waals surface area contributed by atoms with Crippen LogP contribution in [0.1, 0.15) is 21.5 Å². The number of nitrogens with one attached hydrogen (secondary N) is 2. The van der Waals surface area contributed by atoms with Gasteiger partial charge in [0.25, 0.3) is 11.5 Å². The highest BCUT2D eigenvalue weighted by atomic mass is 32.1. The van der Waals surface area contributed by atoms with Crippen LogP contribution in [0.3, 0.4) is 0 Å². The Morgan fingerprint density at radius 1 is 1.04 bits per heavy atom. The van der Waals surface area contributed by atoms with Crippen molar-refractivity contribution < 1.29 is 4.79 Å². The Bertz CT molecular complexity index is 1270. The number of carbonyl (C=O) groups excluding carboxylic acids is 1. The smallest absolute Gasteiger partial charge is 0.322 e. The van der Waals surface area contributed by atoms with E-state index in [4.69, 9.17) is 0 Å². The van der Waals surface area contributed by atoms with Gasteiger partial charge in [0.05, 0.1) is 12.1 Å². The summed E-state index contributed by atoms with van der Waals surface area (Å²) in [5.41, 5.74) is 2.90. The second-order valence-corrected chi connectivity index (χ2v) is 7.42. The van der Waals surface area contributed by atoms with Crippen molar-refractivity contribution in [1.29, 1.82) is 0 Å². The molecule has 0 aliphatic heterocycles. The van der Waals surface area contributed by atoms with Gasteiger partial charge in [-0.3, -0.25) is 14.2 Å². The number of rotatable bonds is 4. The molecule has 0 radical (unpaired) electrons. The van der Waals surface area contributed by atoms with Crippen molar-refractivity contribution in [2.45, 2.75) is 13.5 Å². The largest absolute Gasteiger partial charge is 0.329 e. The molecule has 0 aliphatic rings. The molecular weight excluding hydrogens is 374 g/mol. The van der Waals surface area contributed by atoms with E-state index in [2.05, 4.69) is 10.3 Å². The van der Waals surface area contributed by atoms with Crippen molar-refractivity contribution in [3.05, 3.63) is 97.5 Å². The number of hydrogen-bond acceptors (Lipinski definition) is 4. The molecule has 2 heterocycles. The molecule has 0 saturated carbocycles. The van der Waals surface area contributed by atoms with Gasteiger partial charge >= 0.3 is 5.69 Å².